The van der Waals surface area contributed by atoms with E-state index >= 15 is 0 Å². The Morgan fingerprint density at radius 1 is 0.963 bits per heavy atom. The largest absolute Gasteiger partial charge is 0.269 e. The molecule has 4 rings (SSSR count). The number of anilines is 1. The van der Waals surface area contributed by atoms with E-state index in [2.05, 4.69) is 0 Å². The van der Waals surface area contributed by atoms with Gasteiger partial charge in [0.25, 0.3) is 5.69 Å². The number of rotatable bonds is 4. The number of halogens is 1. The number of nitro groups is 1. The van der Waals surface area contributed by atoms with E-state index in [1.807, 2.05) is 36.4 Å². The highest BCUT2D eigenvalue weighted by Gasteiger charge is 2.36. The molecule has 3 aromatic rings. The molecule has 1 aliphatic heterocycles. The molecule has 1 fully saturated rings. The van der Waals surface area contributed by atoms with Crippen molar-refractivity contribution in [2.45, 2.75) is 18.6 Å². The maximum Gasteiger partial charge on any atom is 0.269 e. The third-order valence-electron chi connectivity index (χ3n) is 4.68. The van der Waals surface area contributed by atoms with Gasteiger partial charge in [0.15, 0.2) is 0 Å². The third-order valence-corrected chi connectivity index (χ3v) is 4.68. The highest BCUT2D eigenvalue weighted by molar-refractivity contribution is 5.49. The zero-order valence-corrected chi connectivity index (χ0v) is 14.4. The highest BCUT2D eigenvalue weighted by atomic mass is 19.1. The van der Waals surface area contributed by atoms with Crippen molar-refractivity contribution in [2.75, 3.05) is 5.06 Å². The number of benzene rings is 3. The molecule has 0 unspecified atom stereocenters. The van der Waals surface area contributed by atoms with Gasteiger partial charge in [0.05, 0.1) is 16.7 Å². The maximum absolute atomic E-state index is 13.3. The van der Waals surface area contributed by atoms with E-state index in [1.54, 1.807) is 29.3 Å². The van der Waals surface area contributed by atoms with Crippen LogP contribution in [0, 0.1) is 15.9 Å². The van der Waals surface area contributed by atoms with Crippen molar-refractivity contribution in [3.63, 3.8) is 0 Å². The van der Waals surface area contributed by atoms with Crippen LogP contribution < -0.4 is 5.06 Å². The lowest BCUT2D eigenvalue weighted by molar-refractivity contribution is -0.384. The predicted octanol–water partition coefficient (Wildman–Crippen LogP) is 5.36. The topological polar surface area (TPSA) is 55.6 Å². The summed E-state index contributed by atoms with van der Waals surface area (Å²) in [5.74, 6) is -0.329. The minimum Gasteiger partial charge on any atom is -0.265 e. The Morgan fingerprint density at radius 2 is 1.67 bits per heavy atom. The first-order valence-corrected chi connectivity index (χ1v) is 8.63. The van der Waals surface area contributed by atoms with E-state index in [9.17, 15) is 14.5 Å². The lowest BCUT2D eigenvalue weighted by atomic mass is 9.97. The molecule has 0 saturated carbocycles. The lowest BCUT2D eigenvalue weighted by Gasteiger charge is -2.25. The van der Waals surface area contributed by atoms with Gasteiger partial charge in [0, 0.05) is 18.6 Å². The van der Waals surface area contributed by atoms with Crippen molar-refractivity contribution in [3.05, 3.63) is 106 Å². The molecule has 1 saturated heterocycles. The highest BCUT2D eigenvalue weighted by Crippen LogP contribution is 2.44. The third kappa shape index (κ3) is 3.52. The van der Waals surface area contributed by atoms with Gasteiger partial charge in [-0.1, -0.05) is 42.5 Å². The normalized spacial score (nSPS) is 19.2. The summed E-state index contributed by atoms with van der Waals surface area (Å²) >= 11 is 0. The first-order chi connectivity index (χ1) is 13.1. The first kappa shape index (κ1) is 17.2. The van der Waals surface area contributed by atoms with E-state index in [-0.39, 0.29) is 23.7 Å². The van der Waals surface area contributed by atoms with Crippen molar-refractivity contribution in [1.29, 1.82) is 0 Å². The monoisotopic (exact) mass is 364 g/mol. The predicted molar refractivity (Wildman–Crippen MR) is 99.6 cm³/mol. The van der Waals surface area contributed by atoms with Crippen LogP contribution in [0.3, 0.4) is 0 Å². The number of nitro benzene ring substituents is 1. The van der Waals surface area contributed by atoms with Crippen molar-refractivity contribution in [1.82, 2.24) is 0 Å². The van der Waals surface area contributed by atoms with Crippen LogP contribution in [0.2, 0.25) is 0 Å². The fourth-order valence-corrected chi connectivity index (χ4v) is 3.36. The Hall–Kier alpha value is -3.25. The average molecular weight is 364 g/mol. The molecule has 6 heteroatoms. The van der Waals surface area contributed by atoms with Crippen LogP contribution in [-0.2, 0) is 4.84 Å². The standard InChI is InChI=1S/C21H17FN2O3/c22-17-9-11-18(12-10-17)23-20(16-7-4-8-19(13-16)24(25)26)14-21(27-23)15-5-2-1-3-6-15/h1-13,20-21H,14H2/t20-,21-/m1/s1. The summed E-state index contributed by atoms with van der Waals surface area (Å²) in [6.45, 7) is 0. The molecule has 0 radical (unpaired) electrons. The second-order valence-electron chi connectivity index (χ2n) is 6.41. The zero-order chi connectivity index (χ0) is 18.8. The van der Waals surface area contributed by atoms with Crippen molar-refractivity contribution < 1.29 is 14.2 Å². The van der Waals surface area contributed by atoms with Gasteiger partial charge < -0.3 is 0 Å². The van der Waals surface area contributed by atoms with E-state index in [1.165, 1.54) is 18.2 Å². The van der Waals surface area contributed by atoms with E-state index in [4.69, 9.17) is 4.84 Å². The van der Waals surface area contributed by atoms with Gasteiger partial charge in [-0.05, 0) is 35.4 Å². The maximum atomic E-state index is 13.3. The van der Waals surface area contributed by atoms with Gasteiger partial charge >= 0.3 is 0 Å². The molecule has 3 aromatic carbocycles. The Labute approximate surface area is 155 Å². The van der Waals surface area contributed by atoms with Crippen molar-refractivity contribution in [3.8, 4) is 0 Å². The molecule has 5 nitrogen and oxygen atoms in total. The summed E-state index contributed by atoms with van der Waals surface area (Å²) < 4.78 is 13.3. The number of hydrogen-bond donors (Lipinski definition) is 0. The van der Waals surface area contributed by atoms with Crippen LogP contribution in [0.5, 0.6) is 0 Å². The Balaban J connectivity index is 1.72. The molecular formula is C21H17FN2O3. The van der Waals surface area contributed by atoms with Gasteiger partial charge in [0.2, 0.25) is 0 Å². The Bertz CT molecular complexity index is 947. The SMILES string of the molecule is O=[N+]([O-])c1cccc([C@H]2C[C@H](c3ccccc3)ON2c2ccc(F)cc2)c1. The van der Waals surface area contributed by atoms with Crippen molar-refractivity contribution in [2.24, 2.45) is 0 Å². The summed E-state index contributed by atoms with van der Waals surface area (Å²) in [6, 6.07) is 22.2. The van der Waals surface area contributed by atoms with E-state index in [0.717, 1.165) is 11.1 Å². The molecule has 0 spiro atoms. The van der Waals surface area contributed by atoms with Crippen LogP contribution in [-0.4, -0.2) is 4.92 Å². The fourth-order valence-electron chi connectivity index (χ4n) is 3.36. The molecule has 27 heavy (non-hydrogen) atoms. The molecule has 1 heterocycles. The molecule has 0 amide bonds. The second kappa shape index (κ2) is 7.17. The first-order valence-electron chi connectivity index (χ1n) is 8.63. The molecular weight excluding hydrogens is 347 g/mol. The summed E-state index contributed by atoms with van der Waals surface area (Å²) in [6.07, 6.45) is 0.434. The molecule has 0 aromatic heterocycles. The van der Waals surface area contributed by atoms with E-state index < -0.39 is 4.92 Å². The van der Waals surface area contributed by atoms with Gasteiger partial charge in [-0.3, -0.25) is 15.0 Å². The summed E-state index contributed by atoms with van der Waals surface area (Å²) in [7, 11) is 0. The van der Waals surface area contributed by atoms with Crippen LogP contribution in [0.25, 0.3) is 0 Å². The zero-order valence-electron chi connectivity index (χ0n) is 14.4. The fraction of sp³-hybridized carbons (Fsp3) is 0.143. The Morgan fingerprint density at radius 3 is 2.37 bits per heavy atom. The van der Waals surface area contributed by atoms with Crippen LogP contribution in [0.1, 0.15) is 29.7 Å². The summed E-state index contributed by atoms with van der Waals surface area (Å²) in [4.78, 5) is 16.9. The van der Waals surface area contributed by atoms with Gasteiger partial charge in [-0.15, -0.1) is 0 Å². The second-order valence-corrected chi connectivity index (χ2v) is 6.41. The molecule has 0 N–H and O–H groups in total. The molecule has 0 bridgehead atoms. The van der Waals surface area contributed by atoms with Gasteiger partial charge in [0.1, 0.15) is 11.9 Å². The average Bonchev–Trinajstić information content (AvgIpc) is 3.15. The quantitative estimate of drug-likeness (QED) is 0.462. The van der Waals surface area contributed by atoms with Crippen LogP contribution >= 0.6 is 0 Å². The van der Waals surface area contributed by atoms with Gasteiger partial charge in [-0.25, -0.2) is 9.45 Å². The smallest absolute Gasteiger partial charge is 0.265 e. The molecule has 2 atom stereocenters. The molecule has 1 aliphatic rings. The van der Waals surface area contributed by atoms with Crippen LogP contribution in [0.4, 0.5) is 15.8 Å². The van der Waals surface area contributed by atoms with Gasteiger partial charge in [-0.2, -0.15) is 0 Å². The minimum atomic E-state index is -0.407. The minimum absolute atomic E-state index is 0.0368. The number of non-ortho nitro benzene ring substituents is 1. The molecule has 136 valence electrons. The summed E-state index contributed by atoms with van der Waals surface area (Å²) in [5.41, 5.74) is 2.55. The number of hydroxylamine groups is 1. The summed E-state index contributed by atoms with van der Waals surface area (Å²) in [5, 5.41) is 12.9. The lowest BCUT2D eigenvalue weighted by Crippen LogP contribution is -2.21. The number of nitrogens with zero attached hydrogens (tertiary/aromatic N) is 2. The molecule has 0 aliphatic carbocycles. The number of hydrogen-bond acceptors (Lipinski definition) is 4. The Kier molecular flexibility index (Phi) is 4.56. The van der Waals surface area contributed by atoms with E-state index in [0.29, 0.717) is 12.1 Å². The van der Waals surface area contributed by atoms with Crippen molar-refractivity contribution >= 4 is 11.4 Å². The van der Waals surface area contributed by atoms with Crippen LogP contribution in [0.15, 0.2) is 78.9 Å².